The number of amides is 1. The number of hydrogen-bond acceptors (Lipinski definition) is 4. The van der Waals surface area contributed by atoms with E-state index in [0.29, 0.717) is 28.2 Å². The second-order valence-corrected chi connectivity index (χ2v) is 6.86. The quantitative estimate of drug-likeness (QED) is 0.571. The summed E-state index contributed by atoms with van der Waals surface area (Å²) in [5.74, 6) is -0.233. The van der Waals surface area contributed by atoms with Crippen LogP contribution >= 0.6 is 15.9 Å². The molecule has 3 N–H and O–H groups in total. The summed E-state index contributed by atoms with van der Waals surface area (Å²) in [5.41, 5.74) is 6.22. The molecule has 0 aliphatic heterocycles. The van der Waals surface area contributed by atoms with Crippen molar-refractivity contribution >= 4 is 38.3 Å². The zero-order valence-corrected chi connectivity index (χ0v) is 13.9. The van der Waals surface area contributed by atoms with Gasteiger partial charge in [0.1, 0.15) is 5.25 Å². The zero-order valence-electron chi connectivity index (χ0n) is 11.5. The van der Waals surface area contributed by atoms with Crippen LogP contribution in [0.2, 0.25) is 0 Å². The van der Waals surface area contributed by atoms with Crippen LogP contribution in [0, 0.1) is 0 Å². The average molecular weight is 363 g/mol. The Bertz CT molecular complexity index is 497. The Balaban J connectivity index is 2.64. The lowest BCUT2D eigenvalue weighted by Gasteiger charge is -2.13. The molecular formula is C13H19BrN2O3S. The molecular weight excluding hydrogens is 344 g/mol. The van der Waals surface area contributed by atoms with Gasteiger partial charge < -0.3 is 15.8 Å². The molecule has 0 fully saturated rings. The first-order chi connectivity index (χ1) is 9.47. The number of nitrogens with one attached hydrogen (secondary N) is 1. The molecule has 1 rings (SSSR count). The van der Waals surface area contributed by atoms with Gasteiger partial charge >= 0.3 is 0 Å². The van der Waals surface area contributed by atoms with Crippen molar-refractivity contribution in [1.29, 1.82) is 0 Å². The second kappa shape index (κ2) is 8.39. The van der Waals surface area contributed by atoms with Crippen molar-refractivity contribution in [1.82, 2.24) is 5.32 Å². The van der Waals surface area contributed by atoms with Crippen molar-refractivity contribution in [3.05, 3.63) is 22.7 Å². The van der Waals surface area contributed by atoms with E-state index in [1.165, 1.54) is 0 Å². The second-order valence-electron chi connectivity index (χ2n) is 4.27. The van der Waals surface area contributed by atoms with E-state index in [0.717, 1.165) is 6.42 Å². The molecule has 1 aromatic carbocycles. The van der Waals surface area contributed by atoms with Crippen LogP contribution in [-0.4, -0.2) is 35.6 Å². The lowest BCUT2D eigenvalue weighted by Crippen LogP contribution is -2.36. The summed E-state index contributed by atoms with van der Waals surface area (Å²) in [7, 11) is 0.178. The van der Waals surface area contributed by atoms with Gasteiger partial charge in [0, 0.05) is 30.4 Å². The number of carbonyl (C=O) groups is 1. The Kier molecular flexibility index (Phi) is 7.18. The third-order valence-corrected chi connectivity index (χ3v) is 5.25. The van der Waals surface area contributed by atoms with Crippen LogP contribution in [0.1, 0.15) is 13.3 Å². The number of anilines is 1. The Morgan fingerprint density at radius 3 is 2.85 bits per heavy atom. The first kappa shape index (κ1) is 17.1. The van der Waals surface area contributed by atoms with E-state index in [2.05, 4.69) is 21.2 Å². The number of hydrogen-bond donors (Lipinski definition) is 2. The lowest BCUT2D eigenvalue weighted by molar-refractivity contribution is -0.120. The summed E-state index contributed by atoms with van der Waals surface area (Å²) in [6.07, 6.45) is 0.729. The van der Waals surface area contributed by atoms with E-state index in [-0.39, 0.29) is 5.91 Å². The molecule has 0 bridgehead atoms. The Hall–Kier alpha value is -0.920. The largest absolute Gasteiger partial charge is 0.399 e. The highest BCUT2D eigenvalue weighted by Gasteiger charge is 2.22. The molecule has 0 heterocycles. The molecule has 0 saturated heterocycles. The number of benzene rings is 1. The maximum atomic E-state index is 12.4. The molecule has 0 aliphatic carbocycles. The minimum Gasteiger partial charge on any atom is -0.399 e. The minimum atomic E-state index is -1.43. The van der Waals surface area contributed by atoms with Gasteiger partial charge in [0.05, 0.1) is 15.7 Å². The molecule has 112 valence electrons. The van der Waals surface area contributed by atoms with E-state index in [4.69, 9.17) is 10.5 Å². The van der Waals surface area contributed by atoms with Gasteiger partial charge in [0.15, 0.2) is 0 Å². The third kappa shape index (κ3) is 4.88. The van der Waals surface area contributed by atoms with Crippen molar-refractivity contribution in [3.63, 3.8) is 0 Å². The van der Waals surface area contributed by atoms with Gasteiger partial charge in [-0.25, -0.2) is 0 Å². The van der Waals surface area contributed by atoms with Gasteiger partial charge in [-0.2, -0.15) is 0 Å². The van der Waals surface area contributed by atoms with Crippen molar-refractivity contribution < 1.29 is 13.7 Å². The van der Waals surface area contributed by atoms with E-state index in [1.807, 2.05) is 0 Å². The van der Waals surface area contributed by atoms with Crippen molar-refractivity contribution in [3.8, 4) is 0 Å². The minimum absolute atomic E-state index is 0.233. The van der Waals surface area contributed by atoms with E-state index in [9.17, 15) is 9.00 Å². The molecule has 0 saturated carbocycles. The summed E-state index contributed by atoms with van der Waals surface area (Å²) < 4.78 is 17.9. The Labute approximate surface area is 129 Å². The topological polar surface area (TPSA) is 81.4 Å². The molecule has 0 aliphatic rings. The fourth-order valence-electron chi connectivity index (χ4n) is 1.54. The molecule has 0 radical (unpaired) electrons. The van der Waals surface area contributed by atoms with Crippen molar-refractivity contribution in [2.24, 2.45) is 0 Å². The van der Waals surface area contributed by atoms with Crippen LogP contribution in [0.15, 0.2) is 27.6 Å². The molecule has 5 nitrogen and oxygen atoms in total. The molecule has 2 unspecified atom stereocenters. The van der Waals surface area contributed by atoms with Gasteiger partial charge in [0.2, 0.25) is 5.91 Å². The normalized spacial score (nSPS) is 13.8. The predicted octanol–water partition coefficient (Wildman–Crippen LogP) is 1.68. The Morgan fingerprint density at radius 2 is 2.25 bits per heavy atom. The molecule has 1 amide bonds. The highest BCUT2D eigenvalue weighted by Crippen LogP contribution is 2.24. The Morgan fingerprint density at radius 1 is 1.55 bits per heavy atom. The number of nitrogen functional groups attached to an aromatic ring is 1. The number of rotatable bonds is 7. The van der Waals surface area contributed by atoms with E-state index < -0.39 is 16.0 Å². The van der Waals surface area contributed by atoms with E-state index >= 15 is 0 Å². The van der Waals surface area contributed by atoms with Gasteiger partial charge in [-0.05, 0) is 47.5 Å². The summed E-state index contributed by atoms with van der Waals surface area (Å²) in [5, 5.41) is 2.12. The molecule has 0 aromatic heterocycles. The lowest BCUT2D eigenvalue weighted by atomic mass is 10.3. The first-order valence-electron chi connectivity index (χ1n) is 6.19. The standard InChI is InChI=1S/C13H19BrN2O3S/c1-9(13(17)16-6-3-7-19-2)20(18)12-5-4-10(15)8-11(12)14/h4-5,8-9H,3,6-7,15H2,1-2H3,(H,16,17). The summed E-state index contributed by atoms with van der Waals surface area (Å²) in [6, 6.07) is 5.02. The maximum absolute atomic E-state index is 12.4. The fourth-order valence-corrected chi connectivity index (χ4v) is 3.53. The fraction of sp³-hybridized carbons (Fsp3) is 0.462. The predicted molar refractivity (Wildman–Crippen MR) is 83.9 cm³/mol. The van der Waals surface area contributed by atoms with Crippen LogP contribution in [0.4, 0.5) is 5.69 Å². The van der Waals surface area contributed by atoms with Gasteiger partial charge in [-0.3, -0.25) is 9.00 Å². The number of halogens is 1. The molecule has 2 atom stereocenters. The zero-order chi connectivity index (χ0) is 15.1. The highest BCUT2D eigenvalue weighted by atomic mass is 79.9. The summed E-state index contributed by atoms with van der Waals surface area (Å²) in [4.78, 5) is 12.5. The monoisotopic (exact) mass is 362 g/mol. The molecule has 1 aromatic rings. The van der Waals surface area contributed by atoms with Crippen molar-refractivity contribution in [2.75, 3.05) is 26.0 Å². The maximum Gasteiger partial charge on any atom is 0.235 e. The SMILES string of the molecule is COCCCNC(=O)C(C)S(=O)c1ccc(N)cc1Br. The van der Waals surface area contributed by atoms with Crippen LogP contribution in [0.3, 0.4) is 0 Å². The number of ether oxygens (including phenoxy) is 1. The number of nitrogens with two attached hydrogens (primary N) is 1. The molecule has 20 heavy (non-hydrogen) atoms. The van der Waals surface area contributed by atoms with Crippen LogP contribution in [0.25, 0.3) is 0 Å². The third-order valence-electron chi connectivity index (χ3n) is 2.69. The average Bonchev–Trinajstić information content (AvgIpc) is 2.42. The summed E-state index contributed by atoms with van der Waals surface area (Å²) >= 11 is 3.32. The molecule has 0 spiro atoms. The highest BCUT2D eigenvalue weighted by molar-refractivity contribution is 9.10. The summed E-state index contributed by atoms with van der Waals surface area (Å²) in [6.45, 7) is 2.74. The number of methoxy groups -OCH3 is 1. The first-order valence-corrected chi connectivity index (χ1v) is 8.20. The van der Waals surface area contributed by atoms with Crippen LogP contribution in [0.5, 0.6) is 0 Å². The molecule has 7 heteroatoms. The van der Waals surface area contributed by atoms with Gasteiger partial charge in [0.25, 0.3) is 0 Å². The van der Waals surface area contributed by atoms with Crippen molar-refractivity contribution in [2.45, 2.75) is 23.5 Å². The van der Waals surface area contributed by atoms with Crippen LogP contribution in [-0.2, 0) is 20.3 Å². The van der Waals surface area contributed by atoms with E-state index in [1.54, 1.807) is 32.2 Å². The van der Waals surface area contributed by atoms with Gasteiger partial charge in [-0.1, -0.05) is 0 Å². The van der Waals surface area contributed by atoms with Crippen LogP contribution < -0.4 is 11.1 Å². The number of carbonyl (C=O) groups excluding carboxylic acids is 1. The van der Waals surface area contributed by atoms with Gasteiger partial charge in [-0.15, -0.1) is 0 Å². The smallest absolute Gasteiger partial charge is 0.235 e.